The second-order valence-corrected chi connectivity index (χ2v) is 20.9. The number of amides is 4. The highest BCUT2D eigenvalue weighted by molar-refractivity contribution is 8.00. The van der Waals surface area contributed by atoms with Crippen LogP contribution < -0.4 is 21.3 Å². The summed E-state index contributed by atoms with van der Waals surface area (Å²) in [6.45, 7) is 3.15. The highest BCUT2D eigenvalue weighted by Gasteiger charge is 2.52. The molecular weight excluding hydrogens is 953 g/mol. The van der Waals surface area contributed by atoms with Crippen LogP contribution >= 0.6 is 23.5 Å². The predicted octanol–water partition coefficient (Wildman–Crippen LogP) is 8.70. The van der Waals surface area contributed by atoms with E-state index in [0.29, 0.717) is 25.0 Å². The molecule has 1 aliphatic carbocycles. The first-order chi connectivity index (χ1) is 35.4. The standard InChI is InChI=1S/C60H64N4O7S2/c1-43(2)54(56(69)61-41-53(67)71-3)63-55(68)51(42-73-60(47-30-16-7-17-31-47,48-32-18-8-19-33-48)49-34-20-9-21-35-49)62-57(70)58(37-38-58)64-52(66)40-50(65)36-22-23-39-72-59(44-24-10-4-11-25-44,45-26-12-5-13-27-45)46-28-14-6-15-29-46/h4-22,24-36,43,50-51,54,65H,23,37-42H2,1-3H3,(H,61,69)(H,62,70)(H,63,68)(H,64,66)/b36-22+/t50-,51-,54?/m1/s1. The molecule has 0 spiro atoms. The molecule has 1 saturated carbocycles. The fraction of sp³-hybridized carbons (Fsp3) is 0.283. The third-order valence-corrected chi connectivity index (χ3v) is 16.2. The Morgan fingerprint density at radius 2 is 1.03 bits per heavy atom. The highest BCUT2D eigenvalue weighted by Crippen LogP contribution is 2.50. The van der Waals surface area contributed by atoms with Crippen LogP contribution in [0.25, 0.3) is 0 Å². The lowest BCUT2D eigenvalue weighted by Crippen LogP contribution is -2.59. The number of ether oxygens (including phenoxy) is 1. The maximum Gasteiger partial charge on any atom is 0.325 e. The zero-order valence-corrected chi connectivity index (χ0v) is 43.1. The van der Waals surface area contributed by atoms with E-state index < -0.39 is 68.7 Å². The van der Waals surface area contributed by atoms with Crippen LogP contribution in [0, 0.1) is 5.92 Å². The quantitative estimate of drug-likeness (QED) is 0.0164. The van der Waals surface area contributed by atoms with E-state index in [-0.39, 0.29) is 18.7 Å². The molecule has 5 N–H and O–H groups in total. The van der Waals surface area contributed by atoms with Crippen molar-refractivity contribution < 1.29 is 33.8 Å². The van der Waals surface area contributed by atoms with Gasteiger partial charge in [0, 0.05) is 5.75 Å². The van der Waals surface area contributed by atoms with Gasteiger partial charge in [-0.05, 0) is 64.3 Å². The lowest BCUT2D eigenvalue weighted by Gasteiger charge is -2.37. The molecule has 0 aromatic heterocycles. The summed E-state index contributed by atoms with van der Waals surface area (Å²) in [6, 6.07) is 58.8. The number of thioether (sulfide) groups is 2. The molecule has 0 heterocycles. The first-order valence-corrected chi connectivity index (χ1v) is 26.6. The lowest BCUT2D eigenvalue weighted by atomic mass is 9.84. The summed E-state index contributed by atoms with van der Waals surface area (Å²) in [5.41, 5.74) is 5.00. The minimum Gasteiger partial charge on any atom is -0.468 e. The Bertz CT molecular complexity index is 2570. The fourth-order valence-electron chi connectivity index (χ4n) is 9.00. The van der Waals surface area contributed by atoms with Gasteiger partial charge in [-0.1, -0.05) is 208 Å². The third kappa shape index (κ3) is 13.4. The number of carbonyl (C=O) groups excluding carboxylic acids is 5. The molecule has 13 heteroatoms. The molecule has 6 aromatic carbocycles. The molecule has 1 fully saturated rings. The number of methoxy groups -OCH3 is 1. The van der Waals surface area contributed by atoms with Gasteiger partial charge < -0.3 is 31.1 Å². The van der Waals surface area contributed by atoms with Gasteiger partial charge >= 0.3 is 5.97 Å². The van der Waals surface area contributed by atoms with Gasteiger partial charge in [-0.15, -0.1) is 23.5 Å². The molecule has 0 bridgehead atoms. The number of rotatable bonds is 25. The summed E-state index contributed by atoms with van der Waals surface area (Å²) in [5.74, 6) is -2.56. The van der Waals surface area contributed by atoms with E-state index in [2.05, 4.69) is 94.1 Å². The van der Waals surface area contributed by atoms with Crippen molar-refractivity contribution in [1.82, 2.24) is 21.3 Å². The number of aliphatic hydroxyl groups is 1. The minimum absolute atomic E-state index is 0.0415. The molecule has 73 heavy (non-hydrogen) atoms. The summed E-state index contributed by atoms with van der Waals surface area (Å²) < 4.78 is 3.36. The predicted molar refractivity (Wildman–Crippen MR) is 292 cm³/mol. The monoisotopic (exact) mass is 1020 g/mol. The molecule has 11 nitrogen and oxygen atoms in total. The van der Waals surface area contributed by atoms with Crippen LogP contribution in [0.15, 0.2) is 194 Å². The molecule has 4 amide bonds. The first-order valence-electron chi connectivity index (χ1n) is 24.6. The molecule has 378 valence electrons. The van der Waals surface area contributed by atoms with E-state index in [0.717, 1.165) is 33.4 Å². The Morgan fingerprint density at radius 1 is 0.616 bits per heavy atom. The number of allylic oxidation sites excluding steroid dienone is 1. The maximum atomic E-state index is 14.6. The Balaban J connectivity index is 1.06. The van der Waals surface area contributed by atoms with Gasteiger partial charge in [0.25, 0.3) is 0 Å². The van der Waals surface area contributed by atoms with Crippen molar-refractivity contribution in [2.24, 2.45) is 5.92 Å². The second kappa shape index (κ2) is 25.6. The first kappa shape index (κ1) is 53.9. The largest absolute Gasteiger partial charge is 0.468 e. The Kier molecular flexibility index (Phi) is 18.9. The van der Waals surface area contributed by atoms with Gasteiger partial charge in [-0.3, -0.25) is 24.0 Å². The summed E-state index contributed by atoms with van der Waals surface area (Å²) >= 11 is 3.27. The van der Waals surface area contributed by atoms with Crippen molar-refractivity contribution in [3.05, 3.63) is 228 Å². The minimum atomic E-state index is -1.30. The van der Waals surface area contributed by atoms with Crippen molar-refractivity contribution in [3.63, 3.8) is 0 Å². The van der Waals surface area contributed by atoms with Gasteiger partial charge in [0.05, 0.1) is 29.1 Å². The SMILES string of the molecule is COC(=O)CNC(=O)C(NC(=O)[C@@H](CSC(c1ccccc1)(c1ccccc1)c1ccccc1)NC(=O)C1(NC(=O)C[C@H](O)/C=C/CCSC(c2ccccc2)(c2ccccc2)c2ccccc2)CC1)C(C)C. The van der Waals surface area contributed by atoms with Crippen molar-refractivity contribution in [2.75, 3.05) is 25.2 Å². The number of nitrogens with one attached hydrogen (secondary N) is 4. The van der Waals surface area contributed by atoms with E-state index in [1.165, 1.54) is 18.9 Å². The van der Waals surface area contributed by atoms with Crippen LogP contribution in [0.2, 0.25) is 0 Å². The Morgan fingerprint density at radius 3 is 1.41 bits per heavy atom. The van der Waals surface area contributed by atoms with Gasteiger partial charge in [0.2, 0.25) is 23.6 Å². The van der Waals surface area contributed by atoms with Gasteiger partial charge in [-0.2, -0.15) is 0 Å². The van der Waals surface area contributed by atoms with Gasteiger partial charge in [0.1, 0.15) is 24.2 Å². The average molecular weight is 1020 g/mol. The number of hydrogen-bond acceptors (Lipinski definition) is 9. The van der Waals surface area contributed by atoms with Crippen molar-refractivity contribution in [3.8, 4) is 0 Å². The molecule has 1 unspecified atom stereocenters. The smallest absolute Gasteiger partial charge is 0.325 e. The van der Waals surface area contributed by atoms with Crippen LogP contribution in [0.3, 0.4) is 0 Å². The van der Waals surface area contributed by atoms with Crippen LogP contribution in [0.4, 0.5) is 0 Å². The number of aliphatic hydroxyl groups excluding tert-OH is 1. The zero-order valence-electron chi connectivity index (χ0n) is 41.4. The molecular formula is C60H64N4O7S2. The average Bonchev–Trinajstić information content (AvgIpc) is 4.22. The number of benzene rings is 6. The molecule has 0 radical (unpaired) electrons. The van der Waals surface area contributed by atoms with E-state index >= 15 is 0 Å². The topological polar surface area (TPSA) is 163 Å². The maximum absolute atomic E-state index is 14.6. The van der Waals surface area contributed by atoms with Crippen molar-refractivity contribution >= 4 is 53.1 Å². The molecule has 1 aliphatic rings. The van der Waals surface area contributed by atoms with Crippen LogP contribution in [-0.4, -0.2) is 83.6 Å². The van der Waals surface area contributed by atoms with E-state index in [1.54, 1.807) is 19.9 Å². The van der Waals surface area contributed by atoms with E-state index in [4.69, 9.17) is 4.74 Å². The number of carbonyl (C=O) groups is 5. The summed E-state index contributed by atoms with van der Waals surface area (Å²) in [5, 5.41) is 22.4. The van der Waals surface area contributed by atoms with Crippen LogP contribution in [0.1, 0.15) is 72.9 Å². The highest BCUT2D eigenvalue weighted by atomic mass is 32.2. The second-order valence-electron chi connectivity index (χ2n) is 18.4. The molecule has 0 aliphatic heterocycles. The van der Waals surface area contributed by atoms with Gasteiger partial charge in [0.15, 0.2) is 0 Å². The summed E-state index contributed by atoms with van der Waals surface area (Å²) in [7, 11) is 1.22. The molecule has 7 rings (SSSR count). The number of esters is 1. The van der Waals surface area contributed by atoms with Gasteiger partial charge in [-0.25, -0.2) is 0 Å². The normalized spacial score (nSPS) is 14.3. The van der Waals surface area contributed by atoms with Crippen molar-refractivity contribution in [1.29, 1.82) is 0 Å². The molecule has 3 atom stereocenters. The Labute approximate surface area is 437 Å². The summed E-state index contributed by atoms with van der Waals surface area (Å²) in [6.07, 6.45) is 3.40. The molecule has 0 saturated heterocycles. The summed E-state index contributed by atoms with van der Waals surface area (Å²) in [4.78, 5) is 68.1. The van der Waals surface area contributed by atoms with E-state index in [9.17, 15) is 29.1 Å². The van der Waals surface area contributed by atoms with Crippen LogP contribution in [-0.2, 0) is 38.2 Å². The Hall–Kier alpha value is -6.93. The lowest BCUT2D eigenvalue weighted by molar-refractivity contribution is -0.141. The van der Waals surface area contributed by atoms with Crippen molar-refractivity contribution in [2.45, 2.75) is 72.8 Å². The zero-order chi connectivity index (χ0) is 51.7. The van der Waals surface area contributed by atoms with Crippen LogP contribution in [0.5, 0.6) is 0 Å². The number of hydrogen-bond donors (Lipinski definition) is 5. The molecule has 6 aromatic rings. The fourth-order valence-corrected chi connectivity index (χ4v) is 12.0. The third-order valence-electron chi connectivity index (χ3n) is 13.0. The van der Waals surface area contributed by atoms with E-state index in [1.807, 2.05) is 127 Å².